The van der Waals surface area contributed by atoms with Crippen molar-refractivity contribution in [2.24, 2.45) is 5.41 Å². The summed E-state index contributed by atoms with van der Waals surface area (Å²) in [5.74, 6) is 0.849. The zero-order valence-electron chi connectivity index (χ0n) is 13.1. The summed E-state index contributed by atoms with van der Waals surface area (Å²) in [4.78, 5) is 16.0. The monoisotopic (exact) mass is 308 g/mol. The van der Waals surface area contributed by atoms with Gasteiger partial charge in [-0.2, -0.15) is 0 Å². The summed E-state index contributed by atoms with van der Waals surface area (Å²) in [6.07, 6.45) is 4.71. The van der Waals surface area contributed by atoms with Crippen LogP contribution in [-0.2, 0) is 16.1 Å². The Morgan fingerprint density at radius 2 is 2.29 bits per heavy atom. The molecular formula is C16H24N2O2S. The number of nitrogens with zero attached hydrogens (tertiary/aromatic N) is 1. The SMILES string of the molecule is CCNCc1cnc(SCC2(CC(=O)OC)CC2)c(C)c1. The number of aryl methyl sites for hydroxylation is 1. The van der Waals surface area contributed by atoms with Gasteiger partial charge in [-0.3, -0.25) is 4.79 Å². The Labute approximate surface area is 131 Å². The Morgan fingerprint density at radius 1 is 1.52 bits per heavy atom. The molecule has 1 aromatic rings. The van der Waals surface area contributed by atoms with E-state index in [2.05, 4.69) is 30.2 Å². The van der Waals surface area contributed by atoms with Crippen molar-refractivity contribution in [2.75, 3.05) is 19.4 Å². The minimum Gasteiger partial charge on any atom is -0.469 e. The number of methoxy groups -OCH3 is 1. The highest BCUT2D eigenvalue weighted by molar-refractivity contribution is 7.99. The van der Waals surface area contributed by atoms with Crippen LogP contribution in [0.25, 0.3) is 0 Å². The Hall–Kier alpha value is -1.07. The fraction of sp³-hybridized carbons (Fsp3) is 0.625. The van der Waals surface area contributed by atoms with Crippen LogP contribution in [0.4, 0.5) is 0 Å². The number of pyridine rings is 1. The van der Waals surface area contributed by atoms with Crippen LogP contribution in [0.2, 0.25) is 0 Å². The van der Waals surface area contributed by atoms with Crippen molar-refractivity contribution in [2.45, 2.75) is 44.7 Å². The van der Waals surface area contributed by atoms with Crippen molar-refractivity contribution in [1.82, 2.24) is 10.3 Å². The lowest BCUT2D eigenvalue weighted by molar-refractivity contribution is -0.141. The molecule has 1 fully saturated rings. The summed E-state index contributed by atoms with van der Waals surface area (Å²) in [6, 6.07) is 2.19. The van der Waals surface area contributed by atoms with Crippen LogP contribution >= 0.6 is 11.8 Å². The fourth-order valence-electron chi connectivity index (χ4n) is 2.29. The number of thioether (sulfide) groups is 1. The van der Waals surface area contributed by atoms with Gasteiger partial charge in [-0.25, -0.2) is 4.98 Å². The van der Waals surface area contributed by atoms with Crippen molar-refractivity contribution in [3.8, 4) is 0 Å². The van der Waals surface area contributed by atoms with Crippen molar-refractivity contribution < 1.29 is 9.53 Å². The molecule has 4 nitrogen and oxygen atoms in total. The number of nitrogens with one attached hydrogen (secondary N) is 1. The van der Waals surface area contributed by atoms with Gasteiger partial charge in [-0.15, -0.1) is 11.8 Å². The molecule has 1 aliphatic carbocycles. The first-order valence-corrected chi connectivity index (χ1v) is 8.43. The minimum atomic E-state index is -0.0984. The topological polar surface area (TPSA) is 51.2 Å². The first-order chi connectivity index (χ1) is 10.1. The molecule has 1 heterocycles. The van der Waals surface area contributed by atoms with Gasteiger partial charge in [0.2, 0.25) is 0 Å². The van der Waals surface area contributed by atoms with Gasteiger partial charge in [-0.1, -0.05) is 13.0 Å². The molecule has 0 unspecified atom stereocenters. The summed E-state index contributed by atoms with van der Waals surface area (Å²) < 4.78 is 4.78. The predicted octanol–water partition coefficient (Wildman–Crippen LogP) is 2.93. The number of hydrogen-bond donors (Lipinski definition) is 1. The summed E-state index contributed by atoms with van der Waals surface area (Å²) in [7, 11) is 1.46. The Balaban J connectivity index is 1.90. The van der Waals surface area contributed by atoms with E-state index in [0.717, 1.165) is 36.7 Å². The van der Waals surface area contributed by atoms with E-state index in [0.29, 0.717) is 6.42 Å². The lowest BCUT2D eigenvalue weighted by Crippen LogP contribution is -2.13. The number of carbonyl (C=O) groups is 1. The number of ether oxygens (including phenoxy) is 1. The molecule has 0 atom stereocenters. The van der Waals surface area contributed by atoms with Gasteiger partial charge in [0.15, 0.2) is 0 Å². The third-order valence-corrected chi connectivity index (χ3v) is 5.34. The molecular weight excluding hydrogens is 284 g/mol. The molecule has 1 aliphatic rings. The molecule has 0 aliphatic heterocycles. The van der Waals surface area contributed by atoms with Gasteiger partial charge in [-0.05, 0) is 42.9 Å². The second-order valence-corrected chi connectivity index (χ2v) is 6.75. The largest absolute Gasteiger partial charge is 0.469 e. The molecule has 0 spiro atoms. The number of rotatable bonds is 8. The second kappa shape index (κ2) is 7.27. The number of esters is 1. The third-order valence-electron chi connectivity index (χ3n) is 3.89. The van der Waals surface area contributed by atoms with Gasteiger partial charge < -0.3 is 10.1 Å². The maximum atomic E-state index is 11.4. The first kappa shape index (κ1) is 16.3. The van der Waals surface area contributed by atoms with Crippen molar-refractivity contribution in [3.63, 3.8) is 0 Å². The van der Waals surface area contributed by atoms with Gasteiger partial charge in [0, 0.05) is 18.5 Å². The Morgan fingerprint density at radius 3 is 2.86 bits per heavy atom. The molecule has 0 saturated heterocycles. The summed E-state index contributed by atoms with van der Waals surface area (Å²) in [6.45, 7) is 6.03. The van der Waals surface area contributed by atoms with Gasteiger partial charge in [0.25, 0.3) is 0 Å². The number of carbonyl (C=O) groups excluding carboxylic acids is 1. The van der Waals surface area contributed by atoms with Crippen LogP contribution in [0, 0.1) is 12.3 Å². The molecule has 1 N–H and O–H groups in total. The standard InChI is InChI=1S/C16H24N2O2S/c1-4-17-9-13-7-12(2)15(18-10-13)21-11-16(5-6-16)8-14(19)20-3/h7,10,17H,4-6,8-9,11H2,1-3H3. The average Bonchev–Trinajstić information content (AvgIpc) is 3.24. The van der Waals surface area contributed by atoms with Crippen LogP contribution in [0.3, 0.4) is 0 Å². The zero-order valence-corrected chi connectivity index (χ0v) is 13.9. The molecule has 2 rings (SSSR count). The van der Waals surface area contributed by atoms with Gasteiger partial charge in [0.1, 0.15) is 0 Å². The predicted molar refractivity (Wildman–Crippen MR) is 85.4 cm³/mol. The Kier molecular flexibility index (Phi) is 5.65. The van der Waals surface area contributed by atoms with E-state index in [4.69, 9.17) is 4.74 Å². The van der Waals surface area contributed by atoms with E-state index < -0.39 is 0 Å². The minimum absolute atomic E-state index is 0.0984. The molecule has 21 heavy (non-hydrogen) atoms. The van der Waals surface area contributed by atoms with Crippen LogP contribution in [0.5, 0.6) is 0 Å². The highest BCUT2D eigenvalue weighted by Crippen LogP contribution is 2.52. The van der Waals surface area contributed by atoms with Crippen LogP contribution in [0.1, 0.15) is 37.3 Å². The highest BCUT2D eigenvalue weighted by atomic mass is 32.2. The van der Waals surface area contributed by atoms with E-state index >= 15 is 0 Å². The molecule has 116 valence electrons. The molecule has 0 radical (unpaired) electrons. The molecule has 0 bridgehead atoms. The van der Waals surface area contributed by atoms with Gasteiger partial charge in [0.05, 0.1) is 18.6 Å². The van der Waals surface area contributed by atoms with E-state index in [1.54, 1.807) is 11.8 Å². The highest BCUT2D eigenvalue weighted by Gasteiger charge is 2.44. The van der Waals surface area contributed by atoms with E-state index in [1.165, 1.54) is 18.2 Å². The lowest BCUT2D eigenvalue weighted by Gasteiger charge is -2.14. The molecule has 0 amide bonds. The zero-order chi connectivity index (χ0) is 15.3. The maximum Gasteiger partial charge on any atom is 0.306 e. The summed E-state index contributed by atoms with van der Waals surface area (Å²) >= 11 is 1.76. The van der Waals surface area contributed by atoms with Crippen LogP contribution < -0.4 is 5.32 Å². The normalized spacial score (nSPS) is 15.8. The smallest absolute Gasteiger partial charge is 0.306 e. The van der Waals surface area contributed by atoms with Gasteiger partial charge >= 0.3 is 5.97 Å². The van der Waals surface area contributed by atoms with Crippen LogP contribution in [0.15, 0.2) is 17.3 Å². The van der Waals surface area contributed by atoms with E-state index in [-0.39, 0.29) is 11.4 Å². The van der Waals surface area contributed by atoms with Crippen molar-refractivity contribution >= 4 is 17.7 Å². The number of aromatic nitrogens is 1. The molecule has 5 heteroatoms. The quantitative estimate of drug-likeness (QED) is 0.591. The van der Waals surface area contributed by atoms with Crippen molar-refractivity contribution in [3.05, 3.63) is 23.4 Å². The second-order valence-electron chi connectivity index (χ2n) is 5.79. The summed E-state index contributed by atoms with van der Waals surface area (Å²) in [5.41, 5.74) is 2.58. The first-order valence-electron chi connectivity index (χ1n) is 7.44. The van der Waals surface area contributed by atoms with Crippen LogP contribution in [-0.4, -0.2) is 30.4 Å². The summed E-state index contributed by atoms with van der Waals surface area (Å²) in [5, 5.41) is 4.38. The molecule has 1 saturated carbocycles. The fourth-order valence-corrected chi connectivity index (χ4v) is 3.53. The number of hydrogen-bond acceptors (Lipinski definition) is 5. The average molecular weight is 308 g/mol. The maximum absolute atomic E-state index is 11.4. The molecule has 0 aromatic carbocycles. The lowest BCUT2D eigenvalue weighted by atomic mass is 10.1. The van der Waals surface area contributed by atoms with Crippen molar-refractivity contribution in [1.29, 1.82) is 0 Å². The van der Waals surface area contributed by atoms with E-state index in [9.17, 15) is 4.79 Å². The molecule has 1 aromatic heterocycles. The Bertz CT molecular complexity index is 501. The van der Waals surface area contributed by atoms with E-state index in [1.807, 2.05) is 6.20 Å². The third kappa shape index (κ3) is 4.71.